The van der Waals surface area contributed by atoms with E-state index in [0.717, 1.165) is 0 Å². The van der Waals surface area contributed by atoms with Gasteiger partial charge >= 0.3 is 0 Å². The number of ether oxygens (including phenoxy) is 1. The zero-order valence-corrected chi connectivity index (χ0v) is 16.2. The van der Waals surface area contributed by atoms with E-state index in [4.69, 9.17) is 4.74 Å². The normalized spacial score (nSPS) is 18.2. The molecule has 2 aromatic rings. The van der Waals surface area contributed by atoms with Crippen molar-refractivity contribution in [2.75, 3.05) is 25.1 Å². The van der Waals surface area contributed by atoms with Gasteiger partial charge in [-0.25, -0.2) is 0 Å². The molecule has 1 aliphatic rings. The molecule has 1 aliphatic heterocycles. The highest BCUT2D eigenvalue weighted by Crippen LogP contribution is 2.26. The van der Waals surface area contributed by atoms with Crippen molar-refractivity contribution in [3.05, 3.63) is 65.7 Å². The van der Waals surface area contributed by atoms with E-state index in [9.17, 15) is 14.7 Å². The lowest BCUT2D eigenvalue weighted by Crippen LogP contribution is -2.53. The maximum absolute atomic E-state index is 12.2. The van der Waals surface area contributed by atoms with Crippen molar-refractivity contribution < 1.29 is 19.4 Å². The first-order valence-electron chi connectivity index (χ1n) is 9.47. The summed E-state index contributed by atoms with van der Waals surface area (Å²) < 4.78 is 5.37. The zero-order valence-electron chi connectivity index (χ0n) is 16.2. The minimum atomic E-state index is -0.859. The number of carbonyl (C=O) groups excluding carboxylic acids is 2. The number of carbonyl (C=O) groups is 2. The van der Waals surface area contributed by atoms with Crippen molar-refractivity contribution in [3.8, 4) is 0 Å². The SMILES string of the molecule is CC(C)CN1C(=O)COC[C@@H]1[C@H](O)c1ccc(NC(=O)c2ccccc2)cc1. The lowest BCUT2D eigenvalue weighted by molar-refractivity contribution is -0.155. The van der Waals surface area contributed by atoms with Crippen molar-refractivity contribution in [2.24, 2.45) is 5.92 Å². The van der Waals surface area contributed by atoms with Gasteiger partial charge in [0, 0.05) is 17.8 Å². The van der Waals surface area contributed by atoms with Gasteiger partial charge in [0.05, 0.1) is 12.6 Å². The largest absolute Gasteiger partial charge is 0.386 e. The Kier molecular flexibility index (Phi) is 6.44. The Bertz CT molecular complexity index is 805. The highest BCUT2D eigenvalue weighted by molar-refractivity contribution is 6.04. The molecule has 0 unspecified atom stereocenters. The molecule has 0 spiro atoms. The topological polar surface area (TPSA) is 78.9 Å². The van der Waals surface area contributed by atoms with Crippen LogP contribution in [0, 0.1) is 5.92 Å². The highest BCUT2D eigenvalue weighted by Gasteiger charge is 2.34. The number of rotatable bonds is 6. The van der Waals surface area contributed by atoms with E-state index in [1.54, 1.807) is 41.3 Å². The van der Waals surface area contributed by atoms with Crippen molar-refractivity contribution >= 4 is 17.5 Å². The van der Waals surface area contributed by atoms with E-state index in [0.29, 0.717) is 35.9 Å². The molecule has 6 nitrogen and oxygen atoms in total. The molecule has 3 rings (SSSR count). The summed E-state index contributed by atoms with van der Waals surface area (Å²) in [4.78, 5) is 26.2. The molecule has 0 aliphatic carbocycles. The number of hydrogen-bond donors (Lipinski definition) is 2. The van der Waals surface area contributed by atoms with Crippen molar-refractivity contribution in [3.63, 3.8) is 0 Å². The van der Waals surface area contributed by atoms with Gasteiger partial charge in [-0.05, 0) is 35.7 Å². The minimum absolute atomic E-state index is 0.0559. The van der Waals surface area contributed by atoms with E-state index in [1.165, 1.54) is 0 Å². The standard InChI is InChI=1S/C22H26N2O4/c1-15(2)12-24-19(13-28-14-20(24)25)21(26)16-8-10-18(11-9-16)23-22(27)17-6-4-3-5-7-17/h3-11,15,19,21,26H,12-14H2,1-2H3,(H,23,27)/t19-,21-/m1/s1. The molecule has 2 aromatic carbocycles. The number of amides is 2. The van der Waals surface area contributed by atoms with Crippen LogP contribution in [0.5, 0.6) is 0 Å². The summed E-state index contributed by atoms with van der Waals surface area (Å²) in [6.07, 6.45) is -0.859. The van der Waals surface area contributed by atoms with Crippen LogP contribution in [0.3, 0.4) is 0 Å². The fourth-order valence-corrected chi connectivity index (χ4v) is 3.30. The monoisotopic (exact) mass is 382 g/mol. The number of benzene rings is 2. The fraction of sp³-hybridized carbons (Fsp3) is 0.364. The van der Waals surface area contributed by atoms with Crippen LogP contribution in [-0.4, -0.2) is 47.6 Å². The molecule has 0 radical (unpaired) electrons. The van der Waals surface area contributed by atoms with E-state index < -0.39 is 12.1 Å². The number of nitrogens with zero attached hydrogens (tertiary/aromatic N) is 1. The molecule has 28 heavy (non-hydrogen) atoms. The summed E-state index contributed by atoms with van der Waals surface area (Å²) in [6, 6.07) is 15.6. The van der Waals surface area contributed by atoms with Crippen LogP contribution in [0.25, 0.3) is 0 Å². The number of aliphatic hydroxyl groups is 1. The third kappa shape index (κ3) is 4.77. The average molecular weight is 382 g/mol. The zero-order chi connectivity index (χ0) is 20.1. The summed E-state index contributed by atoms with van der Waals surface area (Å²) in [6.45, 7) is 5.01. The molecule has 2 amide bonds. The summed E-state index contributed by atoms with van der Waals surface area (Å²) in [5.74, 6) is 0.00588. The van der Waals surface area contributed by atoms with Crippen LogP contribution in [0.1, 0.15) is 35.9 Å². The lowest BCUT2D eigenvalue weighted by atomic mass is 9.99. The van der Waals surface area contributed by atoms with E-state index in [2.05, 4.69) is 5.32 Å². The van der Waals surface area contributed by atoms with E-state index in [-0.39, 0.29) is 18.4 Å². The molecule has 1 saturated heterocycles. The van der Waals surface area contributed by atoms with Crippen LogP contribution < -0.4 is 5.32 Å². The number of morpholine rings is 1. The van der Waals surface area contributed by atoms with E-state index in [1.807, 2.05) is 32.0 Å². The molecule has 148 valence electrons. The maximum atomic E-state index is 12.2. The van der Waals surface area contributed by atoms with Gasteiger partial charge in [0.15, 0.2) is 0 Å². The Morgan fingerprint density at radius 1 is 1.18 bits per heavy atom. The predicted molar refractivity (Wildman–Crippen MR) is 107 cm³/mol. The van der Waals surface area contributed by atoms with Crippen molar-refractivity contribution in [1.82, 2.24) is 4.90 Å². The lowest BCUT2D eigenvalue weighted by Gasteiger charge is -2.39. The van der Waals surface area contributed by atoms with Crippen LogP contribution in [0.2, 0.25) is 0 Å². The molecular formula is C22H26N2O4. The fourth-order valence-electron chi connectivity index (χ4n) is 3.30. The first-order chi connectivity index (χ1) is 13.5. The summed E-state index contributed by atoms with van der Waals surface area (Å²) in [5, 5.41) is 13.7. The molecule has 1 heterocycles. The molecule has 0 saturated carbocycles. The number of nitrogens with one attached hydrogen (secondary N) is 1. The third-order valence-corrected chi connectivity index (χ3v) is 4.71. The van der Waals surface area contributed by atoms with Gasteiger partial charge in [-0.1, -0.05) is 44.2 Å². The van der Waals surface area contributed by atoms with Crippen LogP contribution in [-0.2, 0) is 9.53 Å². The Morgan fingerprint density at radius 2 is 1.86 bits per heavy atom. The summed E-state index contributed by atoms with van der Waals surface area (Å²) in [7, 11) is 0. The van der Waals surface area contributed by atoms with Gasteiger partial charge in [0.25, 0.3) is 5.91 Å². The highest BCUT2D eigenvalue weighted by atomic mass is 16.5. The quantitative estimate of drug-likeness (QED) is 0.805. The minimum Gasteiger partial charge on any atom is -0.386 e. The smallest absolute Gasteiger partial charge is 0.255 e. The second-order valence-electron chi connectivity index (χ2n) is 7.41. The van der Waals surface area contributed by atoms with E-state index >= 15 is 0 Å². The summed E-state index contributed by atoms with van der Waals surface area (Å²) in [5.41, 5.74) is 1.89. The predicted octanol–water partition coefficient (Wildman–Crippen LogP) is 2.86. The molecule has 2 N–H and O–H groups in total. The van der Waals surface area contributed by atoms with Crippen molar-refractivity contribution in [1.29, 1.82) is 0 Å². The van der Waals surface area contributed by atoms with Gasteiger partial charge in [-0.2, -0.15) is 0 Å². The number of hydrogen-bond acceptors (Lipinski definition) is 4. The molecule has 1 fully saturated rings. The van der Waals surface area contributed by atoms with Crippen LogP contribution in [0.4, 0.5) is 5.69 Å². The first-order valence-corrected chi connectivity index (χ1v) is 9.47. The van der Waals surface area contributed by atoms with Gasteiger partial charge in [-0.3, -0.25) is 9.59 Å². The second kappa shape index (κ2) is 8.99. The van der Waals surface area contributed by atoms with Crippen LogP contribution >= 0.6 is 0 Å². The second-order valence-corrected chi connectivity index (χ2v) is 7.41. The van der Waals surface area contributed by atoms with Gasteiger partial charge in [-0.15, -0.1) is 0 Å². The molecule has 0 bridgehead atoms. The Hall–Kier alpha value is -2.70. The molecular weight excluding hydrogens is 356 g/mol. The van der Waals surface area contributed by atoms with Crippen molar-refractivity contribution in [2.45, 2.75) is 26.0 Å². The Balaban J connectivity index is 1.69. The third-order valence-electron chi connectivity index (χ3n) is 4.71. The van der Waals surface area contributed by atoms with Gasteiger partial charge in [0.2, 0.25) is 5.91 Å². The first kappa shape index (κ1) is 20.0. The van der Waals surface area contributed by atoms with Gasteiger partial charge < -0.3 is 20.1 Å². The molecule has 0 aromatic heterocycles. The molecule has 2 atom stereocenters. The summed E-state index contributed by atoms with van der Waals surface area (Å²) >= 11 is 0. The maximum Gasteiger partial charge on any atom is 0.255 e. The number of anilines is 1. The number of aliphatic hydroxyl groups excluding tert-OH is 1. The average Bonchev–Trinajstić information content (AvgIpc) is 2.70. The van der Waals surface area contributed by atoms with Gasteiger partial charge in [0.1, 0.15) is 12.7 Å². The van der Waals surface area contributed by atoms with Crippen LogP contribution in [0.15, 0.2) is 54.6 Å². The Labute approximate surface area is 165 Å². The Morgan fingerprint density at radius 3 is 2.50 bits per heavy atom. The molecule has 6 heteroatoms.